The monoisotopic (exact) mass is 648 g/mol. The number of esters is 1. The van der Waals surface area contributed by atoms with Crippen molar-refractivity contribution in [1.82, 2.24) is 9.97 Å². The molecular weight excluding hydrogens is 616 g/mol. The number of ether oxygens (including phenoxy) is 1. The van der Waals surface area contributed by atoms with Gasteiger partial charge in [-0.15, -0.1) is 0 Å². The largest absolute Gasteiger partial charge is 0.481 e. The van der Waals surface area contributed by atoms with E-state index in [9.17, 15) is 34.9 Å². The Balaban J connectivity index is 0.000000188. The Kier molecular flexibility index (Phi) is 9.94. The number of non-ortho nitro benzene ring substituents is 2. The Morgan fingerprint density at radius 1 is 0.750 bits per heavy atom. The topological polar surface area (TPSA) is 181 Å². The summed E-state index contributed by atoms with van der Waals surface area (Å²) in [6, 6.07) is 29.0. The number of benzene rings is 4. The number of H-pyrrole nitrogens is 2. The number of rotatable bonds is 10. The van der Waals surface area contributed by atoms with E-state index >= 15 is 0 Å². The van der Waals surface area contributed by atoms with Crippen molar-refractivity contribution in [2.24, 2.45) is 0 Å². The van der Waals surface area contributed by atoms with Crippen LogP contribution >= 0.6 is 0 Å². The molecule has 244 valence electrons. The zero-order valence-electron chi connectivity index (χ0n) is 26.1. The Labute approximate surface area is 274 Å². The SMILES string of the molecule is CCC(C(=O)O)c1cc([N+](=O)[O-])c2[nH]c(-c3ccccc3)cc2c1.CCOC(=O)Cc1cc([N+](=O)[O-])c2[nH]c(-c3ccccc3)cc2c1. The van der Waals surface area contributed by atoms with Gasteiger partial charge in [-0.2, -0.15) is 0 Å². The van der Waals surface area contributed by atoms with Crippen LogP contribution in [0.4, 0.5) is 11.4 Å². The van der Waals surface area contributed by atoms with Gasteiger partial charge in [0.05, 0.1) is 28.8 Å². The Hall–Kier alpha value is -6.30. The van der Waals surface area contributed by atoms with Gasteiger partial charge in [0.25, 0.3) is 11.4 Å². The fourth-order valence-corrected chi connectivity index (χ4v) is 5.60. The van der Waals surface area contributed by atoms with Crippen LogP contribution in [0.1, 0.15) is 37.3 Å². The van der Waals surface area contributed by atoms with Crippen LogP contribution in [-0.4, -0.2) is 43.5 Å². The summed E-state index contributed by atoms with van der Waals surface area (Å²) in [5.74, 6) is -2.14. The van der Waals surface area contributed by atoms with Gasteiger partial charge in [-0.3, -0.25) is 29.8 Å². The second kappa shape index (κ2) is 14.4. The zero-order valence-corrected chi connectivity index (χ0v) is 26.1. The van der Waals surface area contributed by atoms with E-state index in [2.05, 4.69) is 9.97 Å². The third-order valence-corrected chi connectivity index (χ3v) is 7.82. The van der Waals surface area contributed by atoms with E-state index in [0.29, 0.717) is 39.4 Å². The Bertz CT molecular complexity index is 2120. The number of nitro groups is 2. The highest BCUT2D eigenvalue weighted by atomic mass is 16.6. The van der Waals surface area contributed by atoms with Gasteiger partial charge in [0.15, 0.2) is 0 Å². The second-order valence-electron chi connectivity index (χ2n) is 11.0. The highest BCUT2D eigenvalue weighted by Crippen LogP contribution is 2.35. The van der Waals surface area contributed by atoms with Crippen LogP contribution < -0.4 is 0 Å². The molecule has 12 heteroatoms. The maximum absolute atomic E-state index is 11.7. The molecule has 0 spiro atoms. The maximum Gasteiger partial charge on any atom is 0.310 e. The van der Waals surface area contributed by atoms with Crippen molar-refractivity contribution in [2.75, 3.05) is 6.61 Å². The Morgan fingerprint density at radius 2 is 1.25 bits per heavy atom. The minimum absolute atomic E-state index is 0.0104. The first-order valence-electron chi connectivity index (χ1n) is 15.2. The number of aromatic nitrogens is 2. The van der Waals surface area contributed by atoms with E-state index in [1.54, 1.807) is 26.0 Å². The molecule has 0 bridgehead atoms. The van der Waals surface area contributed by atoms with Gasteiger partial charge in [0, 0.05) is 34.3 Å². The maximum atomic E-state index is 11.7. The minimum atomic E-state index is -0.982. The molecule has 0 radical (unpaired) electrons. The number of nitro benzene ring substituents is 2. The summed E-state index contributed by atoms with van der Waals surface area (Å²) < 4.78 is 4.92. The number of carboxylic acids is 1. The molecule has 0 fully saturated rings. The van der Waals surface area contributed by atoms with E-state index in [4.69, 9.17) is 4.74 Å². The molecule has 4 aromatic carbocycles. The van der Waals surface area contributed by atoms with E-state index in [1.165, 1.54) is 12.1 Å². The number of carboxylic acid groups (broad SMARTS) is 1. The van der Waals surface area contributed by atoms with Crippen LogP contribution in [0.3, 0.4) is 0 Å². The molecule has 1 unspecified atom stereocenters. The zero-order chi connectivity index (χ0) is 34.4. The van der Waals surface area contributed by atoms with Crippen molar-refractivity contribution in [3.05, 3.63) is 128 Å². The van der Waals surface area contributed by atoms with Crippen LogP contribution in [-0.2, 0) is 20.7 Å². The summed E-state index contributed by atoms with van der Waals surface area (Å²) in [5, 5.41) is 33.5. The van der Waals surface area contributed by atoms with Gasteiger partial charge in [-0.1, -0.05) is 67.6 Å². The van der Waals surface area contributed by atoms with E-state index in [1.807, 2.05) is 72.8 Å². The van der Waals surface area contributed by atoms with Crippen LogP contribution in [0, 0.1) is 20.2 Å². The molecule has 3 N–H and O–H groups in total. The molecule has 1 atom stereocenters. The summed E-state index contributed by atoms with van der Waals surface area (Å²) in [4.78, 5) is 51.2. The number of carbonyl (C=O) groups is 2. The number of aliphatic carboxylic acids is 1. The lowest BCUT2D eigenvalue weighted by atomic mass is 9.95. The highest BCUT2D eigenvalue weighted by molar-refractivity contribution is 5.95. The average Bonchev–Trinajstić information content (AvgIpc) is 3.70. The number of hydrogen-bond donors (Lipinski definition) is 3. The lowest BCUT2D eigenvalue weighted by Gasteiger charge is -2.10. The average molecular weight is 649 g/mol. The summed E-state index contributed by atoms with van der Waals surface area (Å²) in [5.41, 5.74) is 5.11. The van der Waals surface area contributed by atoms with Crippen LogP contribution in [0.25, 0.3) is 44.3 Å². The number of fused-ring (bicyclic) bond motifs is 2. The molecule has 48 heavy (non-hydrogen) atoms. The number of aromatic amines is 2. The third kappa shape index (κ3) is 7.23. The van der Waals surface area contributed by atoms with Crippen molar-refractivity contribution >= 4 is 45.1 Å². The molecule has 6 aromatic rings. The van der Waals surface area contributed by atoms with Crippen molar-refractivity contribution < 1.29 is 29.3 Å². The van der Waals surface area contributed by atoms with E-state index in [0.717, 1.165) is 22.5 Å². The first-order chi connectivity index (χ1) is 23.1. The lowest BCUT2D eigenvalue weighted by molar-refractivity contribution is -0.383. The quantitative estimate of drug-likeness (QED) is 0.0755. The van der Waals surface area contributed by atoms with Crippen LogP contribution in [0.15, 0.2) is 97.1 Å². The van der Waals surface area contributed by atoms with Gasteiger partial charge >= 0.3 is 11.9 Å². The first-order valence-corrected chi connectivity index (χ1v) is 15.2. The molecule has 0 aliphatic rings. The molecule has 6 rings (SSSR count). The van der Waals surface area contributed by atoms with Gasteiger partial charge in [-0.05, 0) is 59.9 Å². The fraction of sp³-hybridized carbons (Fsp3) is 0.167. The third-order valence-electron chi connectivity index (χ3n) is 7.82. The smallest absolute Gasteiger partial charge is 0.310 e. The minimum Gasteiger partial charge on any atom is -0.481 e. The molecule has 0 amide bonds. The molecule has 0 saturated carbocycles. The normalized spacial score (nSPS) is 11.5. The number of hydrogen-bond acceptors (Lipinski definition) is 7. The van der Waals surface area contributed by atoms with Crippen LogP contribution in [0.5, 0.6) is 0 Å². The molecule has 0 aliphatic carbocycles. The molecule has 0 aliphatic heterocycles. The fourth-order valence-electron chi connectivity index (χ4n) is 5.60. The summed E-state index contributed by atoms with van der Waals surface area (Å²) in [7, 11) is 0. The van der Waals surface area contributed by atoms with E-state index in [-0.39, 0.29) is 24.4 Å². The molecule has 2 aromatic heterocycles. The standard InChI is InChI=1S/2C18H16N2O4/c1-2-24-17(21)10-12-8-14-11-15(13-6-4-3-5-7-13)19-18(14)16(9-12)20(22)23;1-2-14(18(21)22)12-8-13-9-15(11-6-4-3-5-7-11)19-17(13)16(10-12)20(23)24/h3-9,11,19H,2,10H2,1H3;3-10,14,19H,2H2,1H3,(H,21,22). The van der Waals surface area contributed by atoms with Gasteiger partial charge < -0.3 is 19.8 Å². The predicted molar refractivity (Wildman–Crippen MR) is 182 cm³/mol. The van der Waals surface area contributed by atoms with Crippen molar-refractivity contribution in [3.8, 4) is 22.5 Å². The summed E-state index contributed by atoms with van der Waals surface area (Å²) >= 11 is 0. The summed E-state index contributed by atoms with van der Waals surface area (Å²) in [6.07, 6.45) is 0.379. The van der Waals surface area contributed by atoms with Crippen molar-refractivity contribution in [3.63, 3.8) is 0 Å². The van der Waals surface area contributed by atoms with Crippen molar-refractivity contribution in [2.45, 2.75) is 32.6 Å². The van der Waals surface area contributed by atoms with Crippen molar-refractivity contribution in [1.29, 1.82) is 0 Å². The number of nitrogens with one attached hydrogen (secondary N) is 2. The van der Waals surface area contributed by atoms with Gasteiger partial charge in [0.1, 0.15) is 11.0 Å². The molecular formula is C36H32N4O8. The summed E-state index contributed by atoms with van der Waals surface area (Å²) in [6.45, 7) is 3.76. The van der Waals surface area contributed by atoms with Gasteiger partial charge in [-0.25, -0.2) is 0 Å². The molecule has 2 heterocycles. The first kappa shape index (κ1) is 33.1. The lowest BCUT2D eigenvalue weighted by Crippen LogP contribution is -2.10. The van der Waals surface area contributed by atoms with Crippen LogP contribution in [0.2, 0.25) is 0 Å². The predicted octanol–water partition coefficient (Wildman–Crippen LogP) is 8.17. The Morgan fingerprint density at radius 3 is 1.71 bits per heavy atom. The second-order valence-corrected chi connectivity index (χ2v) is 11.0. The van der Waals surface area contributed by atoms with Gasteiger partial charge in [0.2, 0.25) is 0 Å². The molecule has 12 nitrogen and oxygen atoms in total. The van der Waals surface area contributed by atoms with E-state index < -0.39 is 27.7 Å². The molecule has 0 saturated heterocycles. The number of carbonyl (C=O) groups excluding carboxylic acids is 1. The highest BCUT2D eigenvalue weighted by Gasteiger charge is 2.24. The number of nitrogens with zero attached hydrogens (tertiary/aromatic N) is 2.